The molecule has 8 heteroatoms. The molecule has 0 unspecified atom stereocenters. The third-order valence-electron chi connectivity index (χ3n) is 6.10. The highest BCUT2D eigenvalue weighted by Gasteiger charge is 2.47. The lowest BCUT2D eigenvalue weighted by Gasteiger charge is -2.38. The SMILES string of the molecule is CCCCCN1C(=O)[C@@H](C(=O)OCC)[C@H](c2ccc(O)c(OCC)c2)n2c1nc1ccccc12. The van der Waals surface area contributed by atoms with Crippen molar-refractivity contribution in [3.8, 4) is 11.5 Å². The van der Waals surface area contributed by atoms with Gasteiger partial charge in [0, 0.05) is 6.54 Å². The number of unbranched alkanes of at least 4 members (excludes halogenated alkanes) is 2. The van der Waals surface area contributed by atoms with E-state index in [1.54, 1.807) is 24.0 Å². The van der Waals surface area contributed by atoms with E-state index in [1.807, 2.05) is 35.8 Å². The number of amides is 1. The third kappa shape index (κ3) is 4.20. The van der Waals surface area contributed by atoms with Gasteiger partial charge >= 0.3 is 5.97 Å². The maximum absolute atomic E-state index is 13.8. The number of hydrogen-bond donors (Lipinski definition) is 1. The van der Waals surface area contributed by atoms with Crippen LogP contribution in [0.1, 0.15) is 51.6 Å². The van der Waals surface area contributed by atoms with Gasteiger partial charge in [-0.15, -0.1) is 0 Å². The van der Waals surface area contributed by atoms with Crippen LogP contribution in [-0.2, 0) is 14.3 Å². The molecule has 8 nitrogen and oxygen atoms in total. The van der Waals surface area contributed by atoms with Gasteiger partial charge in [-0.3, -0.25) is 14.5 Å². The number of esters is 1. The van der Waals surface area contributed by atoms with Crippen LogP contribution in [0.15, 0.2) is 42.5 Å². The van der Waals surface area contributed by atoms with Gasteiger partial charge in [0.05, 0.1) is 30.3 Å². The molecule has 0 spiro atoms. The van der Waals surface area contributed by atoms with Gasteiger partial charge in [0.2, 0.25) is 11.9 Å². The number of fused-ring (bicyclic) bond motifs is 3. The largest absolute Gasteiger partial charge is 0.504 e. The predicted molar refractivity (Wildman–Crippen MR) is 129 cm³/mol. The molecule has 1 aliphatic rings. The maximum Gasteiger partial charge on any atom is 0.321 e. The molecular formula is C26H31N3O5. The van der Waals surface area contributed by atoms with Crippen molar-refractivity contribution in [1.29, 1.82) is 0 Å². The second-order valence-corrected chi connectivity index (χ2v) is 8.30. The molecule has 3 aromatic rings. The van der Waals surface area contributed by atoms with E-state index < -0.39 is 17.9 Å². The first-order valence-corrected chi connectivity index (χ1v) is 11.9. The van der Waals surface area contributed by atoms with Crippen LogP contribution in [-0.4, -0.2) is 46.3 Å². The van der Waals surface area contributed by atoms with Gasteiger partial charge in [0.1, 0.15) is 0 Å². The summed E-state index contributed by atoms with van der Waals surface area (Å²) >= 11 is 0. The summed E-state index contributed by atoms with van der Waals surface area (Å²) in [5.74, 6) is -1.19. The first-order valence-electron chi connectivity index (χ1n) is 11.9. The van der Waals surface area contributed by atoms with E-state index in [9.17, 15) is 14.7 Å². The van der Waals surface area contributed by atoms with Crippen molar-refractivity contribution in [3.05, 3.63) is 48.0 Å². The van der Waals surface area contributed by atoms with Crippen molar-refractivity contribution < 1.29 is 24.2 Å². The predicted octanol–water partition coefficient (Wildman–Crippen LogP) is 4.45. The topological polar surface area (TPSA) is 93.9 Å². The van der Waals surface area contributed by atoms with E-state index in [0.717, 1.165) is 30.3 Å². The number of para-hydroxylation sites is 2. The third-order valence-corrected chi connectivity index (χ3v) is 6.10. The van der Waals surface area contributed by atoms with Crippen molar-refractivity contribution in [3.63, 3.8) is 0 Å². The summed E-state index contributed by atoms with van der Waals surface area (Å²) in [6, 6.07) is 11.9. The van der Waals surface area contributed by atoms with Crippen molar-refractivity contribution in [1.82, 2.24) is 9.55 Å². The van der Waals surface area contributed by atoms with Crippen LogP contribution in [0.5, 0.6) is 11.5 Å². The zero-order valence-corrected chi connectivity index (χ0v) is 19.9. The molecule has 0 radical (unpaired) electrons. The molecule has 0 fully saturated rings. The fourth-order valence-electron chi connectivity index (χ4n) is 4.57. The molecule has 2 aromatic carbocycles. The number of carbonyl (C=O) groups is 2. The lowest BCUT2D eigenvalue weighted by Crippen LogP contribution is -2.50. The average Bonchev–Trinajstić information content (AvgIpc) is 3.21. The highest BCUT2D eigenvalue weighted by molar-refractivity contribution is 6.08. The molecule has 0 saturated carbocycles. The van der Waals surface area contributed by atoms with E-state index >= 15 is 0 Å². The summed E-state index contributed by atoms with van der Waals surface area (Å²) in [6.45, 7) is 6.66. The molecular weight excluding hydrogens is 434 g/mol. The second kappa shape index (κ2) is 10.2. The summed E-state index contributed by atoms with van der Waals surface area (Å²) in [4.78, 5) is 33.5. The minimum absolute atomic E-state index is 0.00248. The van der Waals surface area contributed by atoms with Crippen LogP contribution in [0.4, 0.5) is 5.95 Å². The number of hydrogen-bond acceptors (Lipinski definition) is 6. The summed E-state index contributed by atoms with van der Waals surface area (Å²) in [5, 5.41) is 10.3. The molecule has 180 valence electrons. The monoisotopic (exact) mass is 465 g/mol. The van der Waals surface area contributed by atoms with Gasteiger partial charge in [-0.1, -0.05) is 38.0 Å². The first-order chi connectivity index (χ1) is 16.5. The number of benzene rings is 2. The normalized spacial score (nSPS) is 17.6. The fraction of sp³-hybridized carbons (Fsp3) is 0.423. The first kappa shape index (κ1) is 23.6. The molecule has 4 rings (SSSR count). The van der Waals surface area contributed by atoms with Crippen LogP contribution in [0.2, 0.25) is 0 Å². The number of ether oxygens (including phenoxy) is 2. The molecule has 2 heterocycles. The van der Waals surface area contributed by atoms with E-state index in [1.165, 1.54) is 6.07 Å². The van der Waals surface area contributed by atoms with E-state index in [-0.39, 0.29) is 18.3 Å². The number of aromatic hydroxyl groups is 1. The zero-order chi connectivity index (χ0) is 24.2. The minimum Gasteiger partial charge on any atom is -0.504 e. The highest BCUT2D eigenvalue weighted by Crippen LogP contribution is 2.43. The van der Waals surface area contributed by atoms with Crippen LogP contribution >= 0.6 is 0 Å². The summed E-state index contributed by atoms with van der Waals surface area (Å²) in [7, 11) is 0. The summed E-state index contributed by atoms with van der Waals surface area (Å²) in [5.41, 5.74) is 2.21. The number of aromatic nitrogens is 2. The van der Waals surface area contributed by atoms with Crippen LogP contribution in [0.25, 0.3) is 11.0 Å². The molecule has 2 atom stereocenters. The number of nitrogens with zero attached hydrogens (tertiary/aromatic N) is 3. The van der Waals surface area contributed by atoms with E-state index in [0.29, 0.717) is 30.4 Å². The van der Waals surface area contributed by atoms with E-state index in [2.05, 4.69) is 6.92 Å². The smallest absolute Gasteiger partial charge is 0.321 e. The number of phenols is 1. The molecule has 1 amide bonds. The van der Waals surface area contributed by atoms with E-state index in [4.69, 9.17) is 14.5 Å². The number of imidazole rings is 1. The Labute approximate surface area is 199 Å². The van der Waals surface area contributed by atoms with Gasteiger partial charge in [-0.2, -0.15) is 0 Å². The fourth-order valence-corrected chi connectivity index (χ4v) is 4.57. The Balaban J connectivity index is 1.94. The summed E-state index contributed by atoms with van der Waals surface area (Å²) in [6.07, 6.45) is 2.78. The van der Waals surface area contributed by atoms with Crippen LogP contribution in [0, 0.1) is 5.92 Å². The Bertz CT molecular complexity index is 1190. The zero-order valence-electron chi connectivity index (χ0n) is 19.9. The van der Waals surface area contributed by atoms with Crippen molar-refractivity contribution in [2.75, 3.05) is 24.7 Å². The van der Waals surface area contributed by atoms with Gasteiger partial charge in [0.25, 0.3) is 0 Å². The number of carbonyl (C=O) groups excluding carboxylic acids is 2. The molecule has 1 aromatic heterocycles. The number of anilines is 1. The van der Waals surface area contributed by atoms with Gasteiger partial charge in [-0.05, 0) is 50.1 Å². The van der Waals surface area contributed by atoms with Gasteiger partial charge in [-0.25, -0.2) is 4.98 Å². The Morgan fingerprint density at radius 2 is 1.88 bits per heavy atom. The quantitative estimate of drug-likeness (QED) is 0.285. The number of phenolic OH excluding ortho intramolecular Hbond substituents is 1. The number of rotatable bonds is 9. The van der Waals surface area contributed by atoms with Gasteiger partial charge in [0.15, 0.2) is 17.4 Å². The Hall–Kier alpha value is -3.55. The standard InChI is InChI=1S/C26H31N3O5/c1-4-7-10-15-28-24(31)22(25(32)34-6-3)23(17-13-14-20(30)21(16-17)33-5-2)29-19-12-9-8-11-18(19)27-26(28)29/h8-9,11-14,16,22-23,30H,4-7,10,15H2,1-3H3/t22-,23-/m0/s1. The minimum atomic E-state index is -1.09. The van der Waals surface area contributed by atoms with Gasteiger partial charge < -0.3 is 19.1 Å². The maximum atomic E-state index is 13.8. The lowest BCUT2D eigenvalue weighted by atomic mass is 9.89. The Morgan fingerprint density at radius 1 is 1.09 bits per heavy atom. The average molecular weight is 466 g/mol. The van der Waals surface area contributed by atoms with Crippen molar-refractivity contribution >= 4 is 28.9 Å². The molecule has 1 N–H and O–H groups in total. The molecule has 1 aliphatic heterocycles. The van der Waals surface area contributed by atoms with Crippen molar-refractivity contribution in [2.24, 2.45) is 5.92 Å². The molecule has 34 heavy (non-hydrogen) atoms. The molecule has 0 bridgehead atoms. The molecule has 0 saturated heterocycles. The Kier molecular flexibility index (Phi) is 7.05. The second-order valence-electron chi connectivity index (χ2n) is 8.30. The van der Waals surface area contributed by atoms with Crippen molar-refractivity contribution in [2.45, 2.75) is 46.1 Å². The highest BCUT2D eigenvalue weighted by atomic mass is 16.5. The Morgan fingerprint density at radius 3 is 2.62 bits per heavy atom. The van der Waals surface area contributed by atoms with Crippen LogP contribution in [0.3, 0.4) is 0 Å². The molecule has 0 aliphatic carbocycles. The lowest BCUT2D eigenvalue weighted by molar-refractivity contribution is -0.153. The summed E-state index contributed by atoms with van der Waals surface area (Å²) < 4.78 is 12.9. The van der Waals surface area contributed by atoms with Crippen LogP contribution < -0.4 is 9.64 Å².